The molecule has 4 rings (SSSR count). The third kappa shape index (κ3) is 5.84. The molecule has 0 atom stereocenters. The maximum Gasteiger partial charge on any atom is 0.338 e. The Morgan fingerprint density at radius 1 is 0.921 bits per heavy atom. The number of ether oxygens (including phenoxy) is 3. The van der Waals surface area contributed by atoms with Gasteiger partial charge in [0.15, 0.2) is 0 Å². The Hall–Kier alpha value is -4.24. The van der Waals surface area contributed by atoms with Crippen LogP contribution in [-0.4, -0.2) is 38.6 Å². The third-order valence-electron chi connectivity index (χ3n) is 5.76. The monoisotopic (exact) mass is 532 g/mol. The molecule has 1 heterocycles. The summed E-state index contributed by atoms with van der Waals surface area (Å²) in [7, 11) is 3.06. The van der Waals surface area contributed by atoms with Crippen LogP contribution < -0.4 is 19.7 Å². The molecular weight excluding hydrogens is 504 g/mol. The minimum absolute atomic E-state index is 0.110. The smallest absolute Gasteiger partial charge is 0.338 e. The van der Waals surface area contributed by atoms with E-state index in [2.05, 4.69) is 5.32 Å². The fraction of sp³-hybridized carbons (Fsp3) is 0.207. The summed E-state index contributed by atoms with van der Waals surface area (Å²) in [6.07, 6.45) is 1.70. The molecule has 196 valence electrons. The molecule has 0 fully saturated rings. The van der Waals surface area contributed by atoms with Crippen LogP contribution in [0.2, 0.25) is 0 Å². The molecule has 0 radical (unpaired) electrons. The number of benzene rings is 3. The van der Waals surface area contributed by atoms with Crippen molar-refractivity contribution >= 4 is 40.9 Å². The lowest BCUT2D eigenvalue weighted by Gasteiger charge is -2.16. The lowest BCUT2D eigenvalue weighted by Crippen LogP contribution is -2.32. The maximum atomic E-state index is 13.7. The van der Waals surface area contributed by atoms with Crippen molar-refractivity contribution in [2.75, 3.05) is 31.0 Å². The molecule has 9 heteroatoms. The van der Waals surface area contributed by atoms with Crippen molar-refractivity contribution in [2.45, 2.75) is 24.7 Å². The number of amides is 2. The fourth-order valence-corrected chi connectivity index (χ4v) is 4.69. The van der Waals surface area contributed by atoms with Gasteiger partial charge in [0.2, 0.25) is 0 Å². The summed E-state index contributed by atoms with van der Waals surface area (Å²) < 4.78 is 16.0. The van der Waals surface area contributed by atoms with Crippen LogP contribution in [-0.2, 0) is 14.3 Å². The van der Waals surface area contributed by atoms with Crippen molar-refractivity contribution in [1.82, 2.24) is 0 Å². The van der Waals surface area contributed by atoms with Crippen LogP contribution in [0.25, 0.3) is 0 Å². The Bertz CT molecular complexity index is 1360. The van der Waals surface area contributed by atoms with Gasteiger partial charge >= 0.3 is 5.97 Å². The van der Waals surface area contributed by atoms with Crippen LogP contribution in [0, 0.1) is 0 Å². The van der Waals surface area contributed by atoms with E-state index >= 15 is 0 Å². The van der Waals surface area contributed by atoms with Gasteiger partial charge in [-0.05, 0) is 55.0 Å². The van der Waals surface area contributed by atoms with E-state index in [1.165, 1.54) is 26.0 Å². The second-order valence-corrected chi connectivity index (χ2v) is 9.38. The van der Waals surface area contributed by atoms with Gasteiger partial charge in [-0.3, -0.25) is 9.59 Å². The average Bonchev–Trinajstić information content (AvgIpc) is 3.17. The quantitative estimate of drug-likeness (QED) is 0.192. The van der Waals surface area contributed by atoms with Crippen LogP contribution in [0.3, 0.4) is 0 Å². The topological polar surface area (TPSA) is 94.2 Å². The number of rotatable bonds is 11. The normalized spacial score (nSPS) is 13.1. The van der Waals surface area contributed by atoms with E-state index < -0.39 is 17.8 Å². The highest BCUT2D eigenvalue weighted by Crippen LogP contribution is 2.39. The molecule has 0 aliphatic carbocycles. The minimum Gasteiger partial charge on any atom is -0.497 e. The van der Waals surface area contributed by atoms with E-state index in [1.807, 2.05) is 37.3 Å². The van der Waals surface area contributed by atoms with Crippen LogP contribution in [0.1, 0.15) is 30.1 Å². The van der Waals surface area contributed by atoms with Gasteiger partial charge in [-0.25, -0.2) is 9.69 Å². The van der Waals surface area contributed by atoms with E-state index in [4.69, 9.17) is 14.2 Å². The number of anilines is 2. The summed E-state index contributed by atoms with van der Waals surface area (Å²) >= 11 is 1.19. The Morgan fingerprint density at radius 3 is 2.32 bits per heavy atom. The molecular formula is C29H28N2O6S. The Morgan fingerprint density at radius 2 is 1.66 bits per heavy atom. The van der Waals surface area contributed by atoms with Crippen LogP contribution in [0.15, 0.2) is 88.3 Å². The molecule has 0 spiro atoms. The standard InChI is InChI=1S/C29H28N2O6S/c1-4-5-17-37-29(34)19-11-13-20(14-12-19)31-27(32)25(26(28(31)33)38-22-9-7-6-8-10-22)30-23-18-21(35-2)15-16-24(23)36-3/h6-16,18,30H,4-5,17H2,1-3H3. The predicted molar refractivity (Wildman–Crippen MR) is 147 cm³/mol. The van der Waals surface area contributed by atoms with Crippen molar-refractivity contribution in [3.63, 3.8) is 0 Å². The Balaban J connectivity index is 1.67. The summed E-state index contributed by atoms with van der Waals surface area (Å²) in [5.74, 6) is -0.425. The molecule has 1 N–H and O–H groups in total. The summed E-state index contributed by atoms with van der Waals surface area (Å²) in [6, 6.07) is 20.7. The Kier molecular flexibility index (Phi) is 8.70. The molecule has 0 saturated carbocycles. The van der Waals surface area contributed by atoms with Gasteiger partial charge in [0.25, 0.3) is 11.8 Å². The largest absolute Gasteiger partial charge is 0.497 e. The highest BCUT2D eigenvalue weighted by Gasteiger charge is 2.40. The number of methoxy groups -OCH3 is 2. The van der Waals surface area contributed by atoms with Crippen LogP contribution >= 0.6 is 11.8 Å². The number of nitrogens with zero attached hydrogens (tertiary/aromatic N) is 1. The number of unbranched alkanes of at least 4 members (excludes halogenated alkanes) is 1. The summed E-state index contributed by atoms with van der Waals surface area (Å²) in [6.45, 7) is 2.35. The van der Waals surface area contributed by atoms with E-state index in [0.717, 1.165) is 22.6 Å². The van der Waals surface area contributed by atoms with E-state index in [0.29, 0.717) is 35.0 Å². The summed E-state index contributed by atoms with van der Waals surface area (Å²) in [4.78, 5) is 41.7. The molecule has 0 unspecified atom stereocenters. The summed E-state index contributed by atoms with van der Waals surface area (Å²) in [5, 5.41) is 3.11. The van der Waals surface area contributed by atoms with Crippen LogP contribution in [0.4, 0.5) is 11.4 Å². The zero-order valence-electron chi connectivity index (χ0n) is 21.4. The first-order valence-corrected chi connectivity index (χ1v) is 12.9. The predicted octanol–water partition coefficient (Wildman–Crippen LogP) is 5.65. The number of hydrogen-bond acceptors (Lipinski definition) is 8. The molecule has 0 aromatic heterocycles. The zero-order chi connectivity index (χ0) is 27.1. The van der Waals surface area contributed by atoms with Crippen molar-refractivity contribution in [3.8, 4) is 11.5 Å². The van der Waals surface area contributed by atoms with E-state index in [1.54, 1.807) is 42.5 Å². The maximum absolute atomic E-state index is 13.7. The molecule has 1 aliphatic heterocycles. The van der Waals surface area contributed by atoms with Crippen molar-refractivity contribution in [1.29, 1.82) is 0 Å². The van der Waals surface area contributed by atoms with Crippen molar-refractivity contribution in [3.05, 3.63) is 89.0 Å². The highest BCUT2D eigenvalue weighted by atomic mass is 32.2. The molecule has 0 saturated heterocycles. The van der Waals surface area contributed by atoms with Crippen molar-refractivity contribution in [2.24, 2.45) is 0 Å². The molecule has 1 aliphatic rings. The number of carbonyl (C=O) groups is 3. The first-order chi connectivity index (χ1) is 18.5. The first-order valence-electron chi connectivity index (χ1n) is 12.1. The molecule has 3 aromatic carbocycles. The van der Waals surface area contributed by atoms with Gasteiger partial charge in [0.05, 0.1) is 37.8 Å². The number of thioether (sulfide) groups is 1. The molecule has 0 bridgehead atoms. The summed E-state index contributed by atoms with van der Waals surface area (Å²) in [5.41, 5.74) is 1.26. The molecule has 3 aromatic rings. The van der Waals surface area contributed by atoms with Gasteiger partial charge in [-0.15, -0.1) is 0 Å². The van der Waals surface area contributed by atoms with Crippen LogP contribution in [0.5, 0.6) is 11.5 Å². The second-order valence-electron chi connectivity index (χ2n) is 8.29. The average molecular weight is 533 g/mol. The molecule has 2 amide bonds. The van der Waals surface area contributed by atoms with Gasteiger partial charge in [0, 0.05) is 11.0 Å². The number of hydrogen-bond donors (Lipinski definition) is 1. The SMILES string of the molecule is CCCCOC(=O)c1ccc(N2C(=O)C(Nc3cc(OC)ccc3OC)=C(Sc3ccccc3)C2=O)cc1. The zero-order valence-corrected chi connectivity index (χ0v) is 22.2. The van der Waals surface area contributed by atoms with Gasteiger partial charge in [0.1, 0.15) is 22.1 Å². The Labute approximate surface area is 225 Å². The van der Waals surface area contributed by atoms with E-state index in [-0.39, 0.29) is 10.6 Å². The first kappa shape index (κ1) is 26.8. The van der Waals surface area contributed by atoms with E-state index in [9.17, 15) is 14.4 Å². The van der Waals surface area contributed by atoms with Gasteiger partial charge in [-0.1, -0.05) is 43.3 Å². The third-order valence-corrected chi connectivity index (χ3v) is 6.85. The molecule has 8 nitrogen and oxygen atoms in total. The second kappa shape index (κ2) is 12.3. The molecule has 38 heavy (non-hydrogen) atoms. The number of nitrogens with one attached hydrogen (secondary N) is 1. The van der Waals surface area contributed by atoms with Gasteiger partial charge < -0.3 is 19.5 Å². The fourth-order valence-electron chi connectivity index (χ4n) is 3.74. The minimum atomic E-state index is -0.531. The number of imide groups is 1. The lowest BCUT2D eigenvalue weighted by atomic mass is 10.2. The number of esters is 1. The van der Waals surface area contributed by atoms with Crippen molar-refractivity contribution < 1.29 is 28.6 Å². The number of carbonyl (C=O) groups excluding carboxylic acids is 3. The van der Waals surface area contributed by atoms with Gasteiger partial charge in [-0.2, -0.15) is 0 Å². The lowest BCUT2D eigenvalue weighted by molar-refractivity contribution is -0.120. The highest BCUT2D eigenvalue weighted by molar-refractivity contribution is 8.04.